The third kappa shape index (κ3) is 2.29. The van der Waals surface area contributed by atoms with Gasteiger partial charge in [0.05, 0.1) is 12.6 Å². The first kappa shape index (κ1) is 11.3. The van der Waals surface area contributed by atoms with Gasteiger partial charge in [-0.1, -0.05) is 24.3 Å². The van der Waals surface area contributed by atoms with Crippen LogP contribution in [0.5, 0.6) is 0 Å². The molecule has 0 radical (unpaired) electrons. The lowest BCUT2D eigenvalue weighted by atomic mass is 10.0. The van der Waals surface area contributed by atoms with Crippen molar-refractivity contribution in [3.63, 3.8) is 0 Å². The van der Waals surface area contributed by atoms with E-state index in [1.165, 1.54) is 0 Å². The van der Waals surface area contributed by atoms with Gasteiger partial charge in [0.2, 0.25) is 0 Å². The molecule has 1 aromatic carbocycles. The number of hydrogen-bond acceptors (Lipinski definition) is 4. The zero-order valence-electron chi connectivity index (χ0n) is 9.18. The van der Waals surface area contributed by atoms with Crippen molar-refractivity contribution in [1.29, 1.82) is 0 Å². The van der Waals surface area contributed by atoms with Crippen molar-refractivity contribution in [1.82, 2.24) is 0 Å². The van der Waals surface area contributed by atoms with Crippen LogP contribution in [-0.4, -0.2) is 25.2 Å². The van der Waals surface area contributed by atoms with Gasteiger partial charge in [-0.05, 0) is 12.5 Å². The molecule has 1 aromatic rings. The Morgan fingerprint density at radius 1 is 1.44 bits per heavy atom. The average molecular weight is 221 g/mol. The van der Waals surface area contributed by atoms with Gasteiger partial charge in [0.1, 0.15) is 12.9 Å². The molecule has 1 fully saturated rings. The number of Topliss-reactive ketones (excluding diaryl/α,β-unsaturated/α-hetero) is 1. The minimum absolute atomic E-state index is 0.0144. The van der Waals surface area contributed by atoms with E-state index in [4.69, 9.17) is 15.2 Å². The standard InChI is InChI=1S/C12H15NO3/c1-8(13)12(14)10-4-2-9(3-5-10)11-6-15-7-16-11/h2-5,8,11H,6-7,13H2,1H3. The number of benzene rings is 1. The lowest BCUT2D eigenvalue weighted by Gasteiger charge is -2.09. The van der Waals surface area contributed by atoms with Crippen LogP contribution >= 0.6 is 0 Å². The third-order valence-corrected chi connectivity index (χ3v) is 2.60. The number of rotatable bonds is 3. The molecule has 0 spiro atoms. The molecule has 2 atom stereocenters. The van der Waals surface area contributed by atoms with Gasteiger partial charge in [-0.15, -0.1) is 0 Å². The lowest BCUT2D eigenvalue weighted by molar-refractivity contribution is 0.0466. The molecular formula is C12H15NO3. The highest BCUT2D eigenvalue weighted by molar-refractivity contribution is 5.99. The Kier molecular flexibility index (Phi) is 3.33. The Hall–Kier alpha value is -1.23. The van der Waals surface area contributed by atoms with Crippen molar-refractivity contribution in [2.24, 2.45) is 5.73 Å². The smallest absolute Gasteiger partial charge is 0.179 e. The molecule has 2 N–H and O–H groups in total. The third-order valence-electron chi connectivity index (χ3n) is 2.60. The highest BCUT2D eigenvalue weighted by Gasteiger charge is 2.18. The summed E-state index contributed by atoms with van der Waals surface area (Å²) in [4.78, 5) is 11.6. The van der Waals surface area contributed by atoms with Gasteiger partial charge in [0.15, 0.2) is 5.78 Å². The predicted octanol–water partition coefficient (Wildman–Crippen LogP) is 1.26. The van der Waals surface area contributed by atoms with E-state index in [1.807, 2.05) is 12.1 Å². The second kappa shape index (κ2) is 4.74. The molecule has 1 aliphatic rings. The maximum atomic E-state index is 11.6. The minimum atomic E-state index is -0.461. The van der Waals surface area contributed by atoms with E-state index in [1.54, 1.807) is 19.1 Å². The molecule has 16 heavy (non-hydrogen) atoms. The van der Waals surface area contributed by atoms with Crippen molar-refractivity contribution in [2.45, 2.75) is 19.1 Å². The lowest BCUT2D eigenvalue weighted by Crippen LogP contribution is -2.26. The Morgan fingerprint density at radius 2 is 2.12 bits per heavy atom. The summed E-state index contributed by atoms with van der Waals surface area (Å²) < 4.78 is 10.5. The first-order valence-electron chi connectivity index (χ1n) is 5.27. The summed E-state index contributed by atoms with van der Waals surface area (Å²) in [5.74, 6) is -0.0462. The number of ether oxygens (including phenoxy) is 2. The summed E-state index contributed by atoms with van der Waals surface area (Å²) in [7, 11) is 0. The Labute approximate surface area is 94.3 Å². The molecular weight excluding hydrogens is 206 g/mol. The highest BCUT2D eigenvalue weighted by atomic mass is 16.7. The molecule has 1 heterocycles. The highest BCUT2D eigenvalue weighted by Crippen LogP contribution is 2.22. The van der Waals surface area contributed by atoms with Crippen molar-refractivity contribution >= 4 is 5.78 Å². The topological polar surface area (TPSA) is 61.6 Å². The molecule has 0 saturated carbocycles. The molecule has 0 bridgehead atoms. The van der Waals surface area contributed by atoms with Crippen molar-refractivity contribution in [2.75, 3.05) is 13.4 Å². The van der Waals surface area contributed by atoms with E-state index in [0.717, 1.165) is 5.56 Å². The molecule has 4 nitrogen and oxygen atoms in total. The molecule has 1 saturated heterocycles. The Bertz CT molecular complexity index is 366. The number of hydrogen-bond donors (Lipinski definition) is 1. The van der Waals surface area contributed by atoms with Crippen LogP contribution in [0.3, 0.4) is 0 Å². The summed E-state index contributed by atoms with van der Waals surface area (Å²) in [5, 5.41) is 0. The van der Waals surface area contributed by atoms with E-state index < -0.39 is 6.04 Å². The fourth-order valence-corrected chi connectivity index (χ4v) is 1.65. The zero-order valence-corrected chi connectivity index (χ0v) is 9.18. The van der Waals surface area contributed by atoms with Crippen molar-refractivity contribution in [3.8, 4) is 0 Å². The van der Waals surface area contributed by atoms with Crippen LogP contribution in [0.15, 0.2) is 24.3 Å². The molecule has 86 valence electrons. The van der Waals surface area contributed by atoms with Crippen molar-refractivity contribution in [3.05, 3.63) is 35.4 Å². The molecule has 4 heteroatoms. The fourth-order valence-electron chi connectivity index (χ4n) is 1.65. The van der Waals surface area contributed by atoms with E-state index in [2.05, 4.69) is 0 Å². The maximum Gasteiger partial charge on any atom is 0.179 e. The second-order valence-electron chi connectivity index (χ2n) is 3.92. The van der Waals surface area contributed by atoms with Crippen LogP contribution in [0.4, 0.5) is 0 Å². The number of nitrogens with two attached hydrogens (primary N) is 1. The van der Waals surface area contributed by atoms with Crippen LogP contribution in [0.1, 0.15) is 28.9 Å². The number of carbonyl (C=O) groups is 1. The zero-order chi connectivity index (χ0) is 11.5. The van der Waals surface area contributed by atoms with Gasteiger partial charge in [0.25, 0.3) is 0 Å². The maximum absolute atomic E-state index is 11.6. The molecule has 1 aliphatic heterocycles. The largest absolute Gasteiger partial charge is 0.352 e. The predicted molar refractivity (Wildman–Crippen MR) is 59.1 cm³/mol. The normalized spacial score (nSPS) is 22.0. The first-order chi connectivity index (χ1) is 7.68. The number of carbonyl (C=O) groups excluding carboxylic acids is 1. The van der Waals surface area contributed by atoms with Crippen LogP contribution in [0.2, 0.25) is 0 Å². The van der Waals surface area contributed by atoms with Gasteiger partial charge in [-0.25, -0.2) is 0 Å². The van der Waals surface area contributed by atoms with Crippen LogP contribution in [0, 0.1) is 0 Å². The van der Waals surface area contributed by atoms with Crippen molar-refractivity contribution < 1.29 is 14.3 Å². The van der Waals surface area contributed by atoms with Gasteiger partial charge >= 0.3 is 0 Å². The minimum Gasteiger partial charge on any atom is -0.352 e. The van der Waals surface area contributed by atoms with Crippen LogP contribution in [-0.2, 0) is 9.47 Å². The first-order valence-corrected chi connectivity index (χ1v) is 5.27. The van der Waals surface area contributed by atoms with Crippen LogP contribution in [0.25, 0.3) is 0 Å². The summed E-state index contributed by atoms with van der Waals surface area (Å²) in [6.07, 6.45) is -0.0144. The fraction of sp³-hybridized carbons (Fsp3) is 0.417. The van der Waals surface area contributed by atoms with Crippen LogP contribution < -0.4 is 5.73 Å². The quantitative estimate of drug-likeness (QED) is 0.780. The number of ketones is 1. The van der Waals surface area contributed by atoms with Gasteiger partial charge < -0.3 is 15.2 Å². The molecule has 0 amide bonds. The molecule has 0 aromatic heterocycles. The average Bonchev–Trinajstić information content (AvgIpc) is 2.81. The van der Waals surface area contributed by atoms with Gasteiger partial charge in [-0.3, -0.25) is 4.79 Å². The second-order valence-corrected chi connectivity index (χ2v) is 3.92. The molecule has 0 aliphatic carbocycles. The summed E-state index contributed by atoms with van der Waals surface area (Å²) in [6, 6.07) is 6.87. The van der Waals surface area contributed by atoms with E-state index in [-0.39, 0.29) is 11.9 Å². The van der Waals surface area contributed by atoms with E-state index >= 15 is 0 Å². The SMILES string of the molecule is CC(N)C(=O)c1ccc(C2COCO2)cc1. The summed E-state index contributed by atoms with van der Waals surface area (Å²) in [5.41, 5.74) is 7.20. The monoisotopic (exact) mass is 221 g/mol. The van der Waals surface area contributed by atoms with Gasteiger partial charge in [0, 0.05) is 5.56 Å². The summed E-state index contributed by atoms with van der Waals surface area (Å²) in [6.45, 7) is 2.59. The van der Waals surface area contributed by atoms with Gasteiger partial charge in [-0.2, -0.15) is 0 Å². The Balaban J connectivity index is 2.12. The molecule has 2 rings (SSSR count). The summed E-state index contributed by atoms with van der Waals surface area (Å²) >= 11 is 0. The van der Waals surface area contributed by atoms with E-state index in [0.29, 0.717) is 19.0 Å². The molecule has 2 unspecified atom stereocenters. The Morgan fingerprint density at radius 3 is 2.62 bits per heavy atom. The van der Waals surface area contributed by atoms with E-state index in [9.17, 15) is 4.79 Å².